The maximum Gasteiger partial charge on any atom is 0.417 e. The monoisotopic (exact) mass is 472 g/mol. The van der Waals surface area contributed by atoms with Crippen LogP contribution in [0.25, 0.3) is 10.9 Å². The molecule has 0 unspecified atom stereocenters. The molecule has 0 radical (unpaired) electrons. The first kappa shape index (κ1) is 20.0. The molecule has 2 heterocycles. The topological polar surface area (TPSA) is 51.5 Å². The summed E-state index contributed by atoms with van der Waals surface area (Å²) in [5.74, 6) is -0.416. The molecular weight excluding hydrogens is 452 g/mol. The van der Waals surface area contributed by atoms with E-state index in [4.69, 9.17) is 4.74 Å². The van der Waals surface area contributed by atoms with Gasteiger partial charge in [-0.25, -0.2) is 9.69 Å². The Hall–Kier alpha value is -2.25. The molecule has 1 aliphatic rings. The van der Waals surface area contributed by atoms with Gasteiger partial charge in [-0.15, -0.1) is 0 Å². The molecule has 0 spiro atoms. The number of aromatic nitrogens is 1. The van der Waals surface area contributed by atoms with Crippen LogP contribution in [-0.4, -0.2) is 38.6 Å². The zero-order chi connectivity index (χ0) is 20.5. The lowest BCUT2D eigenvalue weighted by Gasteiger charge is -2.25. The number of hydrogen-bond acceptors (Lipinski definition) is 4. The third-order valence-electron chi connectivity index (χ3n) is 5.37. The minimum absolute atomic E-state index is 0.134. The van der Waals surface area contributed by atoms with E-state index in [1.165, 1.54) is 4.90 Å². The number of cyclic esters (lactones) is 1. The van der Waals surface area contributed by atoms with E-state index in [0.717, 1.165) is 22.0 Å². The van der Waals surface area contributed by atoms with Crippen molar-refractivity contribution in [2.75, 3.05) is 12.9 Å². The first-order valence-electron chi connectivity index (χ1n) is 9.36. The smallest absolute Gasteiger partial charge is 0.417 e. The molecule has 2 amide bonds. The average Bonchev–Trinajstić information content (AvgIpc) is 3.33. The Labute approximate surface area is 182 Å². The van der Waals surface area contributed by atoms with Gasteiger partial charge < -0.3 is 4.74 Å². The van der Waals surface area contributed by atoms with Crippen LogP contribution < -0.4 is 0 Å². The van der Waals surface area contributed by atoms with Crippen molar-refractivity contribution in [1.29, 1.82) is 0 Å². The lowest BCUT2D eigenvalue weighted by atomic mass is 9.96. The summed E-state index contributed by atoms with van der Waals surface area (Å²) in [5, 5.41) is 1.11. The molecule has 0 aliphatic carbocycles. The van der Waals surface area contributed by atoms with E-state index in [9.17, 15) is 9.59 Å². The number of nitrogens with zero attached hydrogens (tertiary/aromatic N) is 2. The zero-order valence-corrected chi connectivity index (χ0v) is 18.5. The highest BCUT2D eigenvalue weighted by atomic mass is 79.9. The number of carbonyl (C=O) groups excluding carboxylic acids is 2. The summed E-state index contributed by atoms with van der Waals surface area (Å²) in [7, 11) is 0. The van der Waals surface area contributed by atoms with E-state index in [1.807, 2.05) is 55.6 Å². The SMILES string of the molecule is CSn1cc([C@H](C)[C@@H](Br)C(=O)N2C(=O)OC[C@H]2c2ccccc2)c2ccccc21. The average molecular weight is 473 g/mol. The minimum Gasteiger partial charge on any atom is -0.446 e. The van der Waals surface area contributed by atoms with Gasteiger partial charge in [-0.05, 0) is 29.1 Å². The highest BCUT2D eigenvalue weighted by molar-refractivity contribution is 9.10. The van der Waals surface area contributed by atoms with E-state index >= 15 is 0 Å². The number of para-hydroxylation sites is 1. The summed E-state index contributed by atoms with van der Waals surface area (Å²) in [6, 6.07) is 17.2. The lowest BCUT2D eigenvalue weighted by molar-refractivity contribution is -0.128. The number of fused-ring (bicyclic) bond motifs is 1. The summed E-state index contributed by atoms with van der Waals surface area (Å²) in [6.45, 7) is 2.18. The molecule has 0 saturated carbocycles. The maximum absolute atomic E-state index is 13.3. The molecule has 1 saturated heterocycles. The van der Waals surface area contributed by atoms with Gasteiger partial charge in [0.05, 0.1) is 5.52 Å². The van der Waals surface area contributed by atoms with Crippen molar-refractivity contribution >= 4 is 50.8 Å². The molecule has 5 nitrogen and oxygen atoms in total. The van der Waals surface area contributed by atoms with Crippen LogP contribution in [0.1, 0.15) is 30.0 Å². The predicted octanol–water partition coefficient (Wildman–Crippen LogP) is 5.35. The van der Waals surface area contributed by atoms with Crippen LogP contribution in [0.3, 0.4) is 0 Å². The third-order valence-corrected chi connectivity index (χ3v) is 7.25. The fraction of sp³-hybridized carbons (Fsp3) is 0.273. The van der Waals surface area contributed by atoms with Crippen LogP contribution in [0.15, 0.2) is 60.8 Å². The first-order chi connectivity index (χ1) is 14.0. The molecule has 29 heavy (non-hydrogen) atoms. The Morgan fingerprint density at radius 1 is 1.17 bits per heavy atom. The minimum atomic E-state index is -0.591. The number of ether oxygens (including phenoxy) is 1. The molecule has 3 atom stereocenters. The van der Waals surface area contributed by atoms with Crippen LogP contribution in [0.4, 0.5) is 4.79 Å². The van der Waals surface area contributed by atoms with Gasteiger partial charge in [-0.2, -0.15) is 0 Å². The molecule has 2 aromatic carbocycles. The Morgan fingerprint density at radius 2 is 1.86 bits per heavy atom. The van der Waals surface area contributed by atoms with Crippen molar-refractivity contribution in [1.82, 2.24) is 8.87 Å². The second kappa shape index (κ2) is 8.24. The van der Waals surface area contributed by atoms with Crippen molar-refractivity contribution in [3.63, 3.8) is 0 Å². The fourth-order valence-electron chi connectivity index (χ4n) is 3.78. The standard InChI is InChI=1S/C22H21BrN2O3S/c1-14(17-12-24(29-2)18-11-7-6-10-16(17)18)20(23)21(26)25-19(13-28-22(25)27)15-8-4-3-5-9-15/h3-12,14,19-20H,13H2,1-2H3/t14-,19-,20+/m0/s1. The van der Waals surface area contributed by atoms with Crippen molar-refractivity contribution in [2.24, 2.45) is 0 Å². The highest BCUT2D eigenvalue weighted by Gasteiger charge is 2.42. The van der Waals surface area contributed by atoms with Crippen LogP contribution in [0.5, 0.6) is 0 Å². The first-order valence-corrected chi connectivity index (χ1v) is 11.5. The predicted molar refractivity (Wildman–Crippen MR) is 119 cm³/mol. The Balaban J connectivity index is 1.64. The number of hydrogen-bond donors (Lipinski definition) is 0. The molecule has 7 heteroatoms. The van der Waals surface area contributed by atoms with Crippen LogP contribution in [0, 0.1) is 0 Å². The quantitative estimate of drug-likeness (QED) is 0.469. The summed E-state index contributed by atoms with van der Waals surface area (Å²) < 4.78 is 7.32. The van der Waals surface area contributed by atoms with Gasteiger partial charge in [0.2, 0.25) is 5.91 Å². The van der Waals surface area contributed by atoms with Gasteiger partial charge in [0.1, 0.15) is 17.5 Å². The largest absolute Gasteiger partial charge is 0.446 e. The molecular formula is C22H21BrN2O3S. The molecule has 150 valence electrons. The maximum atomic E-state index is 13.3. The lowest BCUT2D eigenvalue weighted by Crippen LogP contribution is -2.40. The zero-order valence-electron chi connectivity index (χ0n) is 16.1. The van der Waals surface area contributed by atoms with Gasteiger partial charge in [-0.1, -0.05) is 71.4 Å². The van der Waals surface area contributed by atoms with Crippen LogP contribution in [-0.2, 0) is 9.53 Å². The summed E-state index contributed by atoms with van der Waals surface area (Å²) in [4.78, 5) is 26.4. The van der Waals surface area contributed by atoms with E-state index in [0.29, 0.717) is 0 Å². The molecule has 1 aromatic heterocycles. The number of carbonyl (C=O) groups is 2. The van der Waals surface area contributed by atoms with Gasteiger partial charge >= 0.3 is 6.09 Å². The van der Waals surface area contributed by atoms with Crippen molar-refractivity contribution in [3.05, 3.63) is 71.9 Å². The molecule has 1 aliphatic heterocycles. The number of amides is 2. The molecule has 0 N–H and O–H groups in total. The van der Waals surface area contributed by atoms with E-state index in [-0.39, 0.29) is 18.4 Å². The number of rotatable bonds is 5. The van der Waals surface area contributed by atoms with E-state index in [1.54, 1.807) is 11.9 Å². The van der Waals surface area contributed by atoms with Crippen molar-refractivity contribution in [2.45, 2.75) is 23.7 Å². The molecule has 3 aromatic rings. The van der Waals surface area contributed by atoms with Gasteiger partial charge in [0, 0.05) is 23.8 Å². The van der Waals surface area contributed by atoms with Gasteiger partial charge in [0.25, 0.3) is 0 Å². The van der Waals surface area contributed by atoms with Crippen LogP contribution in [0.2, 0.25) is 0 Å². The number of halogens is 1. The highest BCUT2D eigenvalue weighted by Crippen LogP contribution is 2.37. The van der Waals surface area contributed by atoms with Crippen molar-refractivity contribution in [3.8, 4) is 0 Å². The van der Waals surface area contributed by atoms with E-state index in [2.05, 4.69) is 38.2 Å². The second-order valence-corrected chi connectivity index (χ2v) is 8.76. The molecule has 1 fully saturated rings. The van der Waals surface area contributed by atoms with Gasteiger partial charge in [-0.3, -0.25) is 8.77 Å². The molecule has 4 rings (SSSR count). The summed E-state index contributed by atoms with van der Waals surface area (Å²) in [5.41, 5.74) is 3.06. The van der Waals surface area contributed by atoms with Gasteiger partial charge in [0.15, 0.2) is 0 Å². The second-order valence-electron chi connectivity index (χ2n) is 7.01. The summed E-state index contributed by atoms with van der Waals surface area (Å²) in [6.07, 6.45) is 3.49. The Morgan fingerprint density at radius 3 is 2.59 bits per heavy atom. The van der Waals surface area contributed by atoms with Crippen LogP contribution >= 0.6 is 27.9 Å². The van der Waals surface area contributed by atoms with Crippen molar-refractivity contribution < 1.29 is 14.3 Å². The number of imide groups is 1. The number of benzene rings is 2. The summed E-state index contributed by atoms with van der Waals surface area (Å²) >= 11 is 5.20. The third kappa shape index (κ3) is 3.57. The normalized spacial score (nSPS) is 18.7. The van der Waals surface area contributed by atoms with E-state index < -0.39 is 17.0 Å². The number of alkyl halides is 1. The Bertz CT molecular complexity index is 1050. The Kier molecular flexibility index (Phi) is 5.69. The molecule has 0 bridgehead atoms. The fourth-order valence-corrected chi connectivity index (χ4v) is 4.86.